The van der Waals surface area contributed by atoms with Gasteiger partial charge in [-0.1, -0.05) is 40.5 Å². The third kappa shape index (κ3) is 7.40. The molecule has 0 aromatic rings. The summed E-state index contributed by atoms with van der Waals surface area (Å²) in [4.78, 5) is 11.7. The van der Waals surface area contributed by atoms with Crippen molar-refractivity contribution in [3.63, 3.8) is 0 Å². The second-order valence-corrected chi connectivity index (χ2v) is 4.62. The quantitative estimate of drug-likeness (QED) is 0.575. The highest BCUT2D eigenvalue weighted by Crippen LogP contribution is 2.15. The smallest absolute Gasteiger partial charge is 0.308 e. The van der Waals surface area contributed by atoms with E-state index in [-0.39, 0.29) is 11.9 Å². The molecule has 0 N–H and O–H groups in total. The molecule has 2 nitrogen and oxygen atoms in total. The maximum atomic E-state index is 11.7. The highest BCUT2D eigenvalue weighted by molar-refractivity contribution is 5.72. The van der Waals surface area contributed by atoms with E-state index in [1.807, 2.05) is 0 Å². The van der Waals surface area contributed by atoms with Crippen molar-refractivity contribution in [1.82, 2.24) is 0 Å². The zero-order chi connectivity index (χ0) is 11.7. The highest BCUT2D eigenvalue weighted by Gasteiger charge is 2.17. The van der Waals surface area contributed by atoms with E-state index in [1.54, 1.807) is 0 Å². The van der Waals surface area contributed by atoms with Gasteiger partial charge in [0.15, 0.2) is 0 Å². The van der Waals surface area contributed by atoms with Crippen molar-refractivity contribution in [3.8, 4) is 0 Å². The first-order chi connectivity index (χ1) is 7.11. The molecule has 2 heteroatoms. The van der Waals surface area contributed by atoms with Crippen LogP contribution in [-0.2, 0) is 9.53 Å². The summed E-state index contributed by atoms with van der Waals surface area (Å²) in [7, 11) is 0. The first-order valence-corrected chi connectivity index (χ1v) is 6.28. The van der Waals surface area contributed by atoms with E-state index in [1.165, 1.54) is 0 Å². The van der Waals surface area contributed by atoms with E-state index in [0.717, 1.165) is 32.1 Å². The predicted molar refractivity (Wildman–Crippen MR) is 63.7 cm³/mol. The Morgan fingerprint density at radius 1 is 1.07 bits per heavy atom. The van der Waals surface area contributed by atoms with Crippen LogP contribution < -0.4 is 0 Å². The van der Waals surface area contributed by atoms with Crippen LogP contribution in [0.15, 0.2) is 0 Å². The van der Waals surface area contributed by atoms with Gasteiger partial charge in [0.1, 0.15) is 0 Å². The van der Waals surface area contributed by atoms with E-state index < -0.39 is 0 Å². The fourth-order valence-corrected chi connectivity index (χ4v) is 1.59. The van der Waals surface area contributed by atoms with Gasteiger partial charge in [0.25, 0.3) is 0 Å². The normalized spacial score (nSPS) is 11.1. The molecule has 15 heavy (non-hydrogen) atoms. The lowest BCUT2D eigenvalue weighted by Crippen LogP contribution is -2.18. The zero-order valence-electron chi connectivity index (χ0n) is 10.7. The molecule has 90 valence electrons. The lowest BCUT2D eigenvalue weighted by Gasteiger charge is -2.14. The molecule has 0 saturated heterocycles. The average Bonchev–Trinajstić information content (AvgIpc) is 2.16. The van der Waals surface area contributed by atoms with E-state index in [2.05, 4.69) is 27.7 Å². The molecule has 0 fully saturated rings. The topological polar surface area (TPSA) is 26.3 Å². The van der Waals surface area contributed by atoms with Gasteiger partial charge in [-0.05, 0) is 25.2 Å². The summed E-state index contributed by atoms with van der Waals surface area (Å²) in [5.74, 6) is 0.750. The predicted octanol–water partition coefficient (Wildman–Crippen LogP) is 3.79. The van der Waals surface area contributed by atoms with Crippen LogP contribution in [0.3, 0.4) is 0 Å². The first kappa shape index (κ1) is 14.5. The molecular weight excluding hydrogens is 188 g/mol. The summed E-state index contributed by atoms with van der Waals surface area (Å²) < 4.78 is 5.28. The van der Waals surface area contributed by atoms with Gasteiger partial charge in [-0.25, -0.2) is 0 Å². The van der Waals surface area contributed by atoms with Crippen LogP contribution in [0.5, 0.6) is 0 Å². The molecular formula is C13H26O2. The maximum absolute atomic E-state index is 11.7. The summed E-state index contributed by atoms with van der Waals surface area (Å²) in [6, 6.07) is 0. The molecule has 0 bridgehead atoms. The summed E-state index contributed by atoms with van der Waals surface area (Å²) >= 11 is 0. The molecule has 0 aromatic heterocycles. The number of hydrogen-bond donors (Lipinski definition) is 0. The van der Waals surface area contributed by atoms with Crippen molar-refractivity contribution in [2.24, 2.45) is 11.8 Å². The SMILES string of the molecule is CCCC(CCC)C(=O)OCCC(C)C. The Balaban J connectivity index is 3.80. The van der Waals surface area contributed by atoms with Crippen molar-refractivity contribution >= 4 is 5.97 Å². The minimum absolute atomic E-state index is 0.0133. The minimum atomic E-state index is 0.0133. The summed E-state index contributed by atoms with van der Waals surface area (Å²) in [6.07, 6.45) is 5.02. The minimum Gasteiger partial charge on any atom is -0.465 e. The van der Waals surface area contributed by atoms with Crippen LogP contribution in [-0.4, -0.2) is 12.6 Å². The van der Waals surface area contributed by atoms with Crippen LogP contribution in [0, 0.1) is 11.8 Å². The fraction of sp³-hybridized carbons (Fsp3) is 0.923. The zero-order valence-corrected chi connectivity index (χ0v) is 10.7. The number of hydrogen-bond acceptors (Lipinski definition) is 2. The Morgan fingerprint density at radius 2 is 1.60 bits per heavy atom. The highest BCUT2D eigenvalue weighted by atomic mass is 16.5. The van der Waals surface area contributed by atoms with Gasteiger partial charge in [0.05, 0.1) is 12.5 Å². The Morgan fingerprint density at radius 3 is 2.00 bits per heavy atom. The van der Waals surface area contributed by atoms with E-state index in [4.69, 9.17) is 4.74 Å². The molecule has 0 saturated carbocycles. The Hall–Kier alpha value is -0.530. The van der Waals surface area contributed by atoms with Gasteiger partial charge >= 0.3 is 5.97 Å². The summed E-state index contributed by atoms with van der Waals surface area (Å²) in [5, 5.41) is 0. The van der Waals surface area contributed by atoms with Crippen LogP contribution in [0.25, 0.3) is 0 Å². The lowest BCUT2D eigenvalue weighted by molar-refractivity contribution is -0.149. The van der Waals surface area contributed by atoms with Crippen molar-refractivity contribution in [3.05, 3.63) is 0 Å². The van der Waals surface area contributed by atoms with Crippen molar-refractivity contribution in [2.45, 2.75) is 59.8 Å². The Bertz CT molecular complexity index is 158. The number of carbonyl (C=O) groups excluding carboxylic acids is 1. The van der Waals surface area contributed by atoms with Crippen LogP contribution in [0.2, 0.25) is 0 Å². The second-order valence-electron chi connectivity index (χ2n) is 4.62. The van der Waals surface area contributed by atoms with Crippen LogP contribution >= 0.6 is 0 Å². The number of esters is 1. The van der Waals surface area contributed by atoms with Crippen molar-refractivity contribution in [2.75, 3.05) is 6.61 Å². The number of rotatable bonds is 8. The monoisotopic (exact) mass is 214 g/mol. The Kier molecular flexibility index (Phi) is 8.44. The molecule has 0 aliphatic rings. The molecule has 0 rings (SSSR count). The number of ether oxygens (including phenoxy) is 1. The van der Waals surface area contributed by atoms with Gasteiger partial charge in [-0.3, -0.25) is 4.79 Å². The van der Waals surface area contributed by atoms with Gasteiger partial charge in [0.2, 0.25) is 0 Å². The number of carbonyl (C=O) groups is 1. The van der Waals surface area contributed by atoms with Crippen LogP contribution in [0.1, 0.15) is 59.8 Å². The van der Waals surface area contributed by atoms with E-state index >= 15 is 0 Å². The second kappa shape index (κ2) is 8.75. The molecule has 0 aliphatic heterocycles. The standard InChI is InChI=1S/C13H26O2/c1-5-7-12(8-6-2)13(14)15-10-9-11(3)4/h11-12H,5-10H2,1-4H3. The molecule has 0 atom stereocenters. The van der Waals surface area contributed by atoms with Gasteiger partial charge < -0.3 is 4.74 Å². The van der Waals surface area contributed by atoms with Crippen molar-refractivity contribution in [1.29, 1.82) is 0 Å². The van der Waals surface area contributed by atoms with E-state index in [9.17, 15) is 4.79 Å². The maximum Gasteiger partial charge on any atom is 0.308 e. The third-order valence-corrected chi connectivity index (χ3v) is 2.55. The van der Waals surface area contributed by atoms with E-state index in [0.29, 0.717) is 12.5 Å². The van der Waals surface area contributed by atoms with Crippen molar-refractivity contribution < 1.29 is 9.53 Å². The first-order valence-electron chi connectivity index (χ1n) is 6.28. The van der Waals surface area contributed by atoms with Gasteiger partial charge in [-0.2, -0.15) is 0 Å². The molecule has 0 aliphatic carbocycles. The molecule has 0 heterocycles. The fourth-order valence-electron chi connectivity index (χ4n) is 1.59. The molecule has 0 amide bonds. The lowest BCUT2D eigenvalue weighted by atomic mass is 9.99. The molecule has 0 radical (unpaired) electrons. The average molecular weight is 214 g/mol. The molecule has 0 aromatic carbocycles. The summed E-state index contributed by atoms with van der Waals surface area (Å²) in [5.41, 5.74) is 0. The molecule has 0 unspecified atom stereocenters. The molecule has 0 spiro atoms. The van der Waals surface area contributed by atoms with Gasteiger partial charge in [-0.15, -0.1) is 0 Å². The largest absolute Gasteiger partial charge is 0.465 e. The van der Waals surface area contributed by atoms with Gasteiger partial charge in [0, 0.05) is 0 Å². The Labute approximate surface area is 94.4 Å². The summed E-state index contributed by atoms with van der Waals surface area (Å²) in [6.45, 7) is 9.10. The van der Waals surface area contributed by atoms with Crippen LogP contribution in [0.4, 0.5) is 0 Å². The third-order valence-electron chi connectivity index (χ3n) is 2.55.